The summed E-state index contributed by atoms with van der Waals surface area (Å²) in [5, 5.41) is 10.8. The van der Waals surface area contributed by atoms with Crippen molar-refractivity contribution in [1.82, 2.24) is 0 Å². The van der Waals surface area contributed by atoms with Crippen LogP contribution in [0.4, 0.5) is 0 Å². The molecule has 0 unspecified atom stereocenters. The summed E-state index contributed by atoms with van der Waals surface area (Å²) >= 11 is 4.55. The maximum Gasteiger partial charge on any atom is 0.250 e. The summed E-state index contributed by atoms with van der Waals surface area (Å²) in [6, 6.07) is 61.0. The first kappa shape index (κ1) is 92.3. The Morgan fingerprint density at radius 3 is 0.885 bits per heavy atom. The fraction of sp³-hybridized carbons (Fsp3) is 0.366. The zero-order valence-electron chi connectivity index (χ0n) is 70.7. The molecule has 0 amide bonds. The predicted molar refractivity (Wildman–Crippen MR) is 477 cm³/mol. The number of methoxy groups -OCH3 is 3. The molecule has 0 saturated carbocycles. The van der Waals surface area contributed by atoms with E-state index >= 15 is 0 Å². The van der Waals surface area contributed by atoms with Crippen LogP contribution >= 0.6 is 20.8 Å². The molecule has 0 aromatic heterocycles. The van der Waals surface area contributed by atoms with E-state index in [-0.39, 0.29) is 15.8 Å². The van der Waals surface area contributed by atoms with Gasteiger partial charge in [-0.15, -0.1) is 0 Å². The molecule has 9 aromatic rings. The molecule has 0 saturated heterocycles. The number of phenols is 1. The summed E-state index contributed by atoms with van der Waals surface area (Å²) < 4.78 is 81.4. The van der Waals surface area contributed by atoms with E-state index in [1.54, 1.807) is 44.6 Å². The van der Waals surface area contributed by atoms with Crippen LogP contribution in [0.3, 0.4) is 0 Å². The Labute approximate surface area is 683 Å². The minimum Gasteiger partial charge on any atom is -0.541 e. The number of phenolic OH excluding ortho intramolecular Hbond substituents is 1. The first-order valence-corrected chi connectivity index (χ1v) is 49.2. The van der Waals surface area contributed by atoms with E-state index in [9.17, 15) is 9.90 Å². The molecule has 0 radical (unpaired) electrons. The van der Waals surface area contributed by atoms with Gasteiger partial charge >= 0.3 is 224 Å². The number of aromatic hydroxyl groups is 1. The van der Waals surface area contributed by atoms with Crippen molar-refractivity contribution in [3.63, 3.8) is 0 Å². The number of hydrogen-bond donors (Lipinski definition) is 1. The van der Waals surface area contributed by atoms with E-state index < -0.39 is 21.9 Å². The number of benzene rings is 9. The van der Waals surface area contributed by atoms with Crippen molar-refractivity contribution >= 4 is 83.9 Å². The number of rotatable bonds is 35. The third-order valence-electron chi connectivity index (χ3n) is 19.2. The van der Waals surface area contributed by atoms with Crippen LogP contribution in [0.25, 0.3) is 24.3 Å². The summed E-state index contributed by atoms with van der Waals surface area (Å²) in [6.45, 7) is 44.5. The molecule has 1 N–H and O–H groups in total. The summed E-state index contributed by atoms with van der Waals surface area (Å²) in [4.78, 5) is 10.8. The van der Waals surface area contributed by atoms with Gasteiger partial charge in [0.25, 0.3) is 16.6 Å². The van der Waals surface area contributed by atoms with Gasteiger partial charge in [0.05, 0.1) is 61.0 Å². The van der Waals surface area contributed by atoms with E-state index in [0.717, 1.165) is 51.8 Å². The van der Waals surface area contributed by atoms with Gasteiger partial charge < -0.3 is 56.6 Å². The van der Waals surface area contributed by atoms with Crippen molar-refractivity contribution in [1.29, 1.82) is 0 Å². The van der Waals surface area contributed by atoms with Gasteiger partial charge in [0.1, 0.15) is 17.8 Å². The van der Waals surface area contributed by atoms with Crippen molar-refractivity contribution in [3.8, 4) is 86.2 Å². The Morgan fingerprint density at radius 2 is 0.602 bits per heavy atom. The number of hydrogen-bond acceptors (Lipinski definition) is 16. The summed E-state index contributed by atoms with van der Waals surface area (Å²) in [5.74, 6) is 9.43. The fourth-order valence-corrected chi connectivity index (χ4v) is 21.3. The third-order valence-corrected chi connectivity index (χ3v) is 37.4. The molecule has 9 rings (SSSR count). The molecule has 0 spiro atoms. The quantitative estimate of drug-likeness (QED) is 0.0172. The minimum absolute atomic E-state index is 0.0948. The van der Waals surface area contributed by atoms with Crippen LogP contribution < -0.4 is 81.6 Å². The monoisotopic (exact) mass is 1660 g/mol. The normalized spacial score (nSPS) is 11.9. The number of carbonyl (C=O) groups is 1. The van der Waals surface area contributed by atoms with Gasteiger partial charge in [0.2, 0.25) is 11.5 Å². The van der Waals surface area contributed by atoms with Gasteiger partial charge in [0, 0.05) is 5.56 Å². The molecular formula is C93H122BrO16PSi2. The smallest absolute Gasteiger partial charge is 0.250 e. The molecule has 0 bridgehead atoms. The summed E-state index contributed by atoms with van der Waals surface area (Å²) in [6.07, 6.45) is 9.49. The average Bonchev–Trinajstić information content (AvgIpc) is 0.701. The molecule has 113 heavy (non-hydrogen) atoms. The van der Waals surface area contributed by atoms with Crippen LogP contribution in [-0.4, -0.2) is 109 Å². The number of aldehydes is 1. The molecule has 0 aliphatic rings. The van der Waals surface area contributed by atoms with Crippen LogP contribution in [0.1, 0.15) is 142 Å². The van der Waals surface area contributed by atoms with Gasteiger partial charge in [-0.3, -0.25) is 4.79 Å². The molecule has 0 aliphatic carbocycles. The van der Waals surface area contributed by atoms with Crippen LogP contribution in [0.15, 0.2) is 182 Å². The standard InChI is InChI=1S/C31H34BrO3P.C27H40O5Si.C21H26O5.C14H22O3Si/c1-4-33-29-22-25(23-30(34-5-2)31(29)35-6-3)24-36(32,26-16-10-7-11-17-26,27-18-12-8-13-19-27)28-20-14-9-15-21-28;1-10-29-24-18-21(19-25(30-11-2)26(24)31-12-3)14-13-20-15-16-22(28-7)23(17-20)32-33(8,9)27(4,5)6;1-5-24-19-13-16(14-20(25-6-2)21(19)26-7-3)9-8-15-10-11-18(23-4)17(22)12-15;1-14(2,3)18(5,6)17-13-9-11(10-15)7-8-12(13)16-4/h7-23H,4-6,24H2,1-3H3;13-19H,10-12H2,1-9H3;8-14,22H,5-7H2,1-4H3;7-10H,1-6H3/b;14-13-;9-8-;. The second-order valence-corrected chi connectivity index (χ2v) is 47.5. The van der Waals surface area contributed by atoms with Crippen LogP contribution in [0.2, 0.25) is 36.3 Å². The SMILES string of the molecule is CCOc1cc(/C=C\c2ccc(OC)c(O)c2)cc(OCC)c1OCC.CCOc1cc(/C=C\c2ccc(OC)c(O[Si](C)(C)C(C)(C)C)c2)cc(OCC)c1OCC.CCOc1cc(CP(Br)(c2ccccc2)(c2ccccc2)c2ccccc2)cc(OCC)c1OCC.COc1ccc(C=O)cc1O[Si](C)(C)C(C)(C)C. The Morgan fingerprint density at radius 1 is 0.336 bits per heavy atom. The first-order valence-electron chi connectivity index (χ1n) is 38.9. The van der Waals surface area contributed by atoms with E-state index in [0.29, 0.717) is 134 Å². The minimum atomic E-state index is -3.15. The molecule has 0 fully saturated rings. The Bertz CT molecular complexity index is 4320. The molecule has 0 atom stereocenters. The Hall–Kier alpha value is -9.53. The molecule has 0 heterocycles. The first-order chi connectivity index (χ1) is 53.9. The zero-order chi connectivity index (χ0) is 83.0. The molecular weight excluding hydrogens is 1540 g/mol. The van der Waals surface area contributed by atoms with Gasteiger partial charge in [-0.25, -0.2) is 0 Å². The molecule has 16 nitrogen and oxygen atoms in total. The van der Waals surface area contributed by atoms with Gasteiger partial charge in [-0.05, 0) is 167 Å². The van der Waals surface area contributed by atoms with Crippen molar-refractivity contribution in [2.24, 2.45) is 0 Å². The van der Waals surface area contributed by atoms with E-state index in [1.165, 1.54) is 23.0 Å². The van der Waals surface area contributed by atoms with Crippen LogP contribution in [0.5, 0.6) is 86.2 Å². The summed E-state index contributed by atoms with van der Waals surface area (Å²) in [5.41, 5.74) is 5.48. The molecule has 0 aliphatic heterocycles. The fourth-order valence-electron chi connectivity index (χ4n) is 11.6. The topological polar surface area (TPSA) is 167 Å². The number of halogens is 1. The predicted octanol–water partition coefficient (Wildman–Crippen LogP) is 23.3. The van der Waals surface area contributed by atoms with E-state index in [2.05, 4.69) is 192 Å². The molecule has 610 valence electrons. The van der Waals surface area contributed by atoms with Crippen molar-refractivity contribution in [2.45, 2.75) is 146 Å². The zero-order valence-corrected chi connectivity index (χ0v) is 75.2. The van der Waals surface area contributed by atoms with Gasteiger partial charge in [0.15, 0.2) is 46.0 Å². The van der Waals surface area contributed by atoms with Crippen molar-refractivity contribution in [3.05, 3.63) is 215 Å². The van der Waals surface area contributed by atoms with Crippen LogP contribution in [-0.2, 0) is 6.16 Å². The second-order valence-electron chi connectivity index (χ2n) is 29.1. The molecule has 20 heteroatoms. The van der Waals surface area contributed by atoms with E-state index in [1.807, 2.05) is 129 Å². The van der Waals surface area contributed by atoms with Crippen molar-refractivity contribution in [2.75, 3.05) is 80.8 Å². The second kappa shape index (κ2) is 43.7. The Kier molecular flexibility index (Phi) is 35.7. The van der Waals surface area contributed by atoms with Crippen LogP contribution in [0, 0.1) is 0 Å². The third kappa shape index (κ3) is 24.7. The van der Waals surface area contributed by atoms with Gasteiger partial charge in [-0.2, -0.15) is 0 Å². The Balaban J connectivity index is 0.000000241. The number of carbonyl (C=O) groups excluding carboxylic acids is 1. The number of ether oxygens (including phenoxy) is 12. The maximum absolute atomic E-state index is 10.8. The van der Waals surface area contributed by atoms with Gasteiger partial charge in [-0.1, -0.05) is 78.0 Å². The maximum atomic E-state index is 10.8. The summed E-state index contributed by atoms with van der Waals surface area (Å²) in [7, 11) is 0.876. The van der Waals surface area contributed by atoms with Crippen molar-refractivity contribution < 1.29 is 75.6 Å². The van der Waals surface area contributed by atoms with E-state index in [4.69, 9.17) is 65.7 Å². The average molecular weight is 1660 g/mol. The molecule has 9 aromatic carbocycles. The largest absolute Gasteiger partial charge is 0.541 e.